The average molecular weight is 264 g/mol. The number of ether oxygens (including phenoxy) is 1. The second kappa shape index (κ2) is 7.02. The van der Waals surface area contributed by atoms with Crippen molar-refractivity contribution in [3.63, 3.8) is 0 Å². The molecule has 106 valence electrons. The first-order chi connectivity index (χ1) is 8.90. The van der Waals surface area contributed by atoms with E-state index in [-0.39, 0.29) is 18.1 Å². The summed E-state index contributed by atoms with van der Waals surface area (Å²) >= 11 is 0. The number of hydrogen-bond donors (Lipinski definition) is 1. The molecule has 0 aliphatic carbocycles. The van der Waals surface area contributed by atoms with Gasteiger partial charge >= 0.3 is 0 Å². The lowest BCUT2D eigenvalue weighted by Gasteiger charge is -2.21. The van der Waals surface area contributed by atoms with E-state index >= 15 is 0 Å². The van der Waals surface area contributed by atoms with Crippen LogP contribution in [-0.2, 0) is 4.79 Å². The lowest BCUT2D eigenvalue weighted by Crippen LogP contribution is -2.37. The van der Waals surface area contributed by atoms with Crippen molar-refractivity contribution in [1.29, 1.82) is 0 Å². The smallest absolute Gasteiger partial charge is 0.241 e. The molecule has 1 aromatic carbocycles. The molecule has 1 rings (SSSR count). The van der Waals surface area contributed by atoms with Crippen molar-refractivity contribution < 1.29 is 9.53 Å². The monoisotopic (exact) mass is 264 g/mol. The summed E-state index contributed by atoms with van der Waals surface area (Å²) in [6.45, 7) is 8.28. The number of carbonyl (C=O) groups excluding carboxylic acids is 1. The van der Waals surface area contributed by atoms with Gasteiger partial charge in [0.2, 0.25) is 5.91 Å². The molecule has 0 radical (unpaired) electrons. The molecule has 0 aliphatic rings. The molecule has 0 heterocycles. The molecule has 0 bridgehead atoms. The summed E-state index contributed by atoms with van der Waals surface area (Å²) in [5, 5.41) is 3.11. The number of nitrogens with one attached hydrogen (secondary N) is 1. The minimum atomic E-state index is 0.0810. The summed E-state index contributed by atoms with van der Waals surface area (Å²) in [7, 11) is 1.81. The normalized spacial score (nSPS) is 10.7. The summed E-state index contributed by atoms with van der Waals surface area (Å²) < 4.78 is 5.56. The molecule has 1 amide bonds. The van der Waals surface area contributed by atoms with Gasteiger partial charge in [-0.25, -0.2) is 0 Å². The number of amides is 1. The maximum absolute atomic E-state index is 11.8. The Morgan fingerprint density at radius 1 is 1.21 bits per heavy atom. The molecule has 0 aliphatic heterocycles. The molecule has 0 spiro atoms. The van der Waals surface area contributed by atoms with Crippen LogP contribution in [0, 0.1) is 0 Å². The molecule has 0 fully saturated rings. The Kier molecular flexibility index (Phi) is 5.67. The van der Waals surface area contributed by atoms with Gasteiger partial charge in [0.05, 0.1) is 12.6 Å². The average Bonchev–Trinajstić information content (AvgIpc) is 2.35. The molecule has 0 saturated heterocycles. The fourth-order valence-corrected chi connectivity index (χ4v) is 1.51. The fraction of sp³-hybridized carbons (Fsp3) is 0.533. The van der Waals surface area contributed by atoms with Crippen LogP contribution in [0.3, 0.4) is 0 Å². The van der Waals surface area contributed by atoms with Crippen LogP contribution >= 0.6 is 0 Å². The Morgan fingerprint density at radius 2 is 1.79 bits per heavy atom. The van der Waals surface area contributed by atoms with Crippen LogP contribution in [-0.4, -0.2) is 36.5 Å². The van der Waals surface area contributed by atoms with Gasteiger partial charge in [-0.1, -0.05) is 0 Å². The third-order valence-corrected chi connectivity index (χ3v) is 2.84. The molecule has 1 N–H and O–H groups in total. The third-order valence-electron chi connectivity index (χ3n) is 2.84. The second-order valence-corrected chi connectivity index (χ2v) is 5.14. The van der Waals surface area contributed by atoms with Gasteiger partial charge in [0.15, 0.2) is 0 Å². The number of anilines is 1. The van der Waals surface area contributed by atoms with E-state index in [1.807, 2.05) is 59.0 Å². The van der Waals surface area contributed by atoms with Crippen molar-refractivity contribution in [2.24, 2.45) is 0 Å². The molecule has 0 atom stereocenters. The maximum atomic E-state index is 11.8. The summed E-state index contributed by atoms with van der Waals surface area (Å²) in [5.74, 6) is 0.920. The Balaban J connectivity index is 2.48. The van der Waals surface area contributed by atoms with Crippen LogP contribution < -0.4 is 10.1 Å². The van der Waals surface area contributed by atoms with Crippen LogP contribution in [0.2, 0.25) is 0 Å². The van der Waals surface area contributed by atoms with Crippen LogP contribution in [0.5, 0.6) is 5.75 Å². The Hall–Kier alpha value is -1.71. The summed E-state index contributed by atoms with van der Waals surface area (Å²) in [6.07, 6.45) is 0.167. The Bertz CT molecular complexity index is 399. The highest BCUT2D eigenvalue weighted by atomic mass is 16.5. The number of carbonyl (C=O) groups is 1. The van der Waals surface area contributed by atoms with Gasteiger partial charge in [0.1, 0.15) is 5.75 Å². The van der Waals surface area contributed by atoms with Gasteiger partial charge < -0.3 is 15.0 Å². The second-order valence-electron chi connectivity index (χ2n) is 5.14. The molecule has 19 heavy (non-hydrogen) atoms. The van der Waals surface area contributed by atoms with Gasteiger partial charge in [-0.2, -0.15) is 0 Å². The van der Waals surface area contributed by atoms with E-state index < -0.39 is 0 Å². The summed E-state index contributed by atoms with van der Waals surface area (Å²) in [4.78, 5) is 13.5. The minimum Gasteiger partial charge on any atom is -0.491 e. The SMILES string of the molecule is CC(C)Oc1ccc(NCC(=O)N(C)C(C)C)cc1. The predicted molar refractivity (Wildman–Crippen MR) is 78.6 cm³/mol. The van der Waals surface area contributed by atoms with Crippen molar-refractivity contribution in [3.8, 4) is 5.75 Å². The van der Waals surface area contributed by atoms with Crippen molar-refractivity contribution in [1.82, 2.24) is 4.90 Å². The maximum Gasteiger partial charge on any atom is 0.241 e. The quantitative estimate of drug-likeness (QED) is 0.859. The molecule has 4 heteroatoms. The van der Waals surface area contributed by atoms with Crippen LogP contribution in [0.4, 0.5) is 5.69 Å². The van der Waals surface area contributed by atoms with Gasteiger partial charge in [-0.15, -0.1) is 0 Å². The van der Waals surface area contributed by atoms with E-state index in [2.05, 4.69) is 5.32 Å². The van der Waals surface area contributed by atoms with Crippen LogP contribution in [0.25, 0.3) is 0 Å². The molecule has 4 nitrogen and oxygen atoms in total. The zero-order valence-electron chi connectivity index (χ0n) is 12.4. The molecule has 0 saturated carbocycles. The Morgan fingerprint density at radius 3 is 2.26 bits per heavy atom. The van der Waals surface area contributed by atoms with E-state index in [0.717, 1.165) is 11.4 Å². The van der Waals surface area contributed by atoms with Gasteiger partial charge in [0, 0.05) is 18.8 Å². The van der Waals surface area contributed by atoms with E-state index in [4.69, 9.17) is 4.74 Å². The summed E-state index contributed by atoms with van der Waals surface area (Å²) in [5.41, 5.74) is 0.918. The van der Waals surface area contributed by atoms with Gasteiger partial charge in [-0.05, 0) is 52.0 Å². The number of likely N-dealkylation sites (N-methyl/N-ethyl adjacent to an activating group) is 1. The van der Waals surface area contributed by atoms with Gasteiger partial charge in [-0.3, -0.25) is 4.79 Å². The highest BCUT2D eigenvalue weighted by Crippen LogP contribution is 2.16. The number of nitrogens with zero attached hydrogens (tertiary/aromatic N) is 1. The number of rotatable bonds is 6. The largest absolute Gasteiger partial charge is 0.491 e. The fourth-order valence-electron chi connectivity index (χ4n) is 1.51. The van der Waals surface area contributed by atoms with E-state index in [0.29, 0.717) is 6.54 Å². The molecular weight excluding hydrogens is 240 g/mol. The topological polar surface area (TPSA) is 41.6 Å². The van der Waals surface area contributed by atoms with Gasteiger partial charge in [0.25, 0.3) is 0 Å². The highest BCUT2D eigenvalue weighted by Gasteiger charge is 2.11. The number of benzene rings is 1. The summed E-state index contributed by atoms with van der Waals surface area (Å²) in [6, 6.07) is 7.86. The zero-order chi connectivity index (χ0) is 14.4. The minimum absolute atomic E-state index is 0.0810. The van der Waals surface area contributed by atoms with Crippen molar-refractivity contribution in [2.75, 3.05) is 18.9 Å². The first-order valence-corrected chi connectivity index (χ1v) is 6.66. The van der Waals surface area contributed by atoms with Crippen LogP contribution in [0.15, 0.2) is 24.3 Å². The van der Waals surface area contributed by atoms with Crippen molar-refractivity contribution in [2.45, 2.75) is 39.8 Å². The first kappa shape index (κ1) is 15.3. The molecule has 0 unspecified atom stereocenters. The predicted octanol–water partition coefficient (Wildman–Crippen LogP) is 2.75. The van der Waals surface area contributed by atoms with Crippen molar-refractivity contribution in [3.05, 3.63) is 24.3 Å². The lowest BCUT2D eigenvalue weighted by atomic mass is 10.3. The van der Waals surface area contributed by atoms with E-state index in [1.165, 1.54) is 0 Å². The third kappa shape index (κ3) is 5.20. The first-order valence-electron chi connectivity index (χ1n) is 6.66. The van der Waals surface area contributed by atoms with Crippen molar-refractivity contribution >= 4 is 11.6 Å². The lowest BCUT2D eigenvalue weighted by molar-refractivity contribution is -0.129. The molecule has 0 aromatic heterocycles. The zero-order valence-corrected chi connectivity index (χ0v) is 12.4. The molecular formula is C15H24N2O2. The standard InChI is InChI=1S/C15H24N2O2/c1-11(2)17(5)15(18)10-16-13-6-8-14(9-7-13)19-12(3)4/h6-9,11-12,16H,10H2,1-5H3. The Labute approximate surface area is 115 Å². The molecule has 1 aromatic rings. The highest BCUT2D eigenvalue weighted by molar-refractivity contribution is 5.80. The van der Waals surface area contributed by atoms with E-state index in [1.54, 1.807) is 4.90 Å². The van der Waals surface area contributed by atoms with Crippen LogP contribution in [0.1, 0.15) is 27.7 Å². The van der Waals surface area contributed by atoms with E-state index in [9.17, 15) is 4.79 Å². The number of hydrogen-bond acceptors (Lipinski definition) is 3.